The van der Waals surface area contributed by atoms with Crippen LogP contribution in [0.2, 0.25) is 0 Å². The van der Waals surface area contributed by atoms with E-state index in [-0.39, 0.29) is 0 Å². The van der Waals surface area contributed by atoms with E-state index in [0.717, 1.165) is 29.3 Å². The molecule has 2 aromatic rings. The standard InChI is InChI=1S/C16H18N2OS/c1-19-13-8-5-12(6-9-13)7-10-15-18-14-4-2-3-11-17-16(14)20-15/h5-10,17H,2-4,11H2,1H3. The number of hydrogen-bond acceptors (Lipinski definition) is 4. The molecule has 4 heteroatoms. The summed E-state index contributed by atoms with van der Waals surface area (Å²) in [4.78, 5) is 4.70. The Kier molecular flexibility index (Phi) is 4.02. The van der Waals surface area contributed by atoms with Gasteiger partial charge in [-0.15, -0.1) is 0 Å². The van der Waals surface area contributed by atoms with Gasteiger partial charge in [0.1, 0.15) is 15.8 Å². The molecule has 3 nitrogen and oxygen atoms in total. The summed E-state index contributed by atoms with van der Waals surface area (Å²) in [6.07, 6.45) is 7.74. The molecule has 0 atom stereocenters. The van der Waals surface area contributed by atoms with E-state index < -0.39 is 0 Å². The van der Waals surface area contributed by atoms with Gasteiger partial charge in [0.15, 0.2) is 0 Å². The van der Waals surface area contributed by atoms with Crippen molar-refractivity contribution in [1.82, 2.24) is 4.98 Å². The quantitative estimate of drug-likeness (QED) is 0.923. The number of hydrogen-bond donors (Lipinski definition) is 1. The smallest absolute Gasteiger partial charge is 0.118 e. The van der Waals surface area contributed by atoms with Crippen molar-refractivity contribution < 1.29 is 4.74 Å². The van der Waals surface area contributed by atoms with Gasteiger partial charge in [0, 0.05) is 6.54 Å². The normalized spacial score (nSPS) is 14.7. The Morgan fingerprint density at radius 3 is 2.85 bits per heavy atom. The number of rotatable bonds is 3. The van der Waals surface area contributed by atoms with Gasteiger partial charge in [0.2, 0.25) is 0 Å². The second-order valence-electron chi connectivity index (χ2n) is 4.82. The van der Waals surface area contributed by atoms with Gasteiger partial charge in [-0.25, -0.2) is 4.98 Å². The summed E-state index contributed by atoms with van der Waals surface area (Å²) < 4.78 is 5.16. The topological polar surface area (TPSA) is 34.1 Å². The van der Waals surface area contributed by atoms with Gasteiger partial charge in [-0.2, -0.15) is 0 Å². The molecule has 20 heavy (non-hydrogen) atoms. The highest BCUT2D eigenvalue weighted by atomic mass is 32.1. The molecule has 0 bridgehead atoms. The minimum Gasteiger partial charge on any atom is -0.497 e. The largest absolute Gasteiger partial charge is 0.497 e. The van der Waals surface area contributed by atoms with E-state index in [9.17, 15) is 0 Å². The van der Waals surface area contributed by atoms with E-state index in [1.165, 1.54) is 23.5 Å². The first-order valence-electron chi connectivity index (χ1n) is 6.91. The molecule has 0 radical (unpaired) electrons. The van der Waals surface area contributed by atoms with Crippen LogP contribution in [0.1, 0.15) is 29.1 Å². The maximum absolute atomic E-state index is 5.16. The van der Waals surface area contributed by atoms with Crippen LogP contribution in [0.4, 0.5) is 5.00 Å². The second kappa shape index (κ2) is 6.09. The average Bonchev–Trinajstić information content (AvgIpc) is 2.75. The number of aromatic nitrogens is 1. The lowest BCUT2D eigenvalue weighted by Gasteiger charge is -1.98. The molecule has 0 spiro atoms. The van der Waals surface area contributed by atoms with Gasteiger partial charge in [-0.1, -0.05) is 29.5 Å². The lowest BCUT2D eigenvalue weighted by molar-refractivity contribution is 0.415. The Balaban J connectivity index is 1.74. The molecule has 104 valence electrons. The third-order valence-corrected chi connectivity index (χ3v) is 4.39. The zero-order valence-electron chi connectivity index (χ0n) is 11.6. The Labute approximate surface area is 123 Å². The van der Waals surface area contributed by atoms with Crippen LogP contribution in [0.5, 0.6) is 5.75 Å². The van der Waals surface area contributed by atoms with E-state index in [2.05, 4.69) is 17.5 Å². The van der Waals surface area contributed by atoms with Crippen molar-refractivity contribution in [3.05, 3.63) is 40.5 Å². The molecular formula is C16H18N2OS. The molecule has 0 unspecified atom stereocenters. The predicted molar refractivity (Wildman–Crippen MR) is 85.5 cm³/mol. The first-order valence-corrected chi connectivity index (χ1v) is 7.72. The summed E-state index contributed by atoms with van der Waals surface area (Å²) >= 11 is 1.74. The number of thiazole rings is 1. The highest BCUT2D eigenvalue weighted by Gasteiger charge is 2.11. The summed E-state index contributed by atoms with van der Waals surface area (Å²) in [6, 6.07) is 8.04. The molecule has 1 N–H and O–H groups in total. The maximum atomic E-state index is 5.16. The fourth-order valence-corrected chi connectivity index (χ4v) is 3.19. The van der Waals surface area contributed by atoms with Crippen molar-refractivity contribution in [2.24, 2.45) is 0 Å². The molecule has 1 aliphatic heterocycles. The lowest BCUT2D eigenvalue weighted by atomic mass is 10.2. The van der Waals surface area contributed by atoms with Crippen molar-refractivity contribution in [2.75, 3.05) is 19.0 Å². The fraction of sp³-hybridized carbons (Fsp3) is 0.312. The summed E-state index contributed by atoms with van der Waals surface area (Å²) in [5, 5.41) is 5.78. The van der Waals surface area contributed by atoms with Crippen LogP contribution in [0.25, 0.3) is 12.2 Å². The molecule has 0 fully saturated rings. The van der Waals surface area contributed by atoms with Crippen molar-refractivity contribution in [1.29, 1.82) is 0 Å². The summed E-state index contributed by atoms with van der Waals surface area (Å²) in [6.45, 7) is 1.07. The number of nitrogens with zero attached hydrogens (tertiary/aromatic N) is 1. The van der Waals surface area contributed by atoms with Gasteiger partial charge in [0.05, 0.1) is 12.8 Å². The number of nitrogens with one attached hydrogen (secondary N) is 1. The molecular weight excluding hydrogens is 268 g/mol. The molecule has 2 heterocycles. The third kappa shape index (κ3) is 3.02. The fourth-order valence-electron chi connectivity index (χ4n) is 2.25. The molecule has 1 aliphatic rings. The summed E-state index contributed by atoms with van der Waals surface area (Å²) in [7, 11) is 1.68. The summed E-state index contributed by atoms with van der Waals surface area (Å²) in [5.74, 6) is 0.882. The van der Waals surface area contributed by atoms with Crippen LogP contribution >= 0.6 is 11.3 Å². The number of aryl methyl sites for hydroxylation is 1. The van der Waals surface area contributed by atoms with Crippen LogP contribution in [0.15, 0.2) is 24.3 Å². The van der Waals surface area contributed by atoms with Crippen LogP contribution < -0.4 is 10.1 Å². The van der Waals surface area contributed by atoms with Crippen LogP contribution in [0, 0.1) is 0 Å². The monoisotopic (exact) mass is 286 g/mol. The SMILES string of the molecule is COc1ccc(C=Cc2nc3c(s2)NCCCC3)cc1. The first kappa shape index (κ1) is 13.2. The minimum absolute atomic E-state index is 0.882. The number of methoxy groups -OCH3 is 1. The van der Waals surface area contributed by atoms with Crippen LogP contribution in [-0.4, -0.2) is 18.6 Å². The van der Waals surface area contributed by atoms with Gasteiger partial charge < -0.3 is 10.1 Å². The van der Waals surface area contributed by atoms with Crippen molar-refractivity contribution >= 4 is 28.5 Å². The maximum Gasteiger partial charge on any atom is 0.118 e. The predicted octanol–water partition coefficient (Wildman–Crippen LogP) is 4.07. The van der Waals surface area contributed by atoms with E-state index in [1.54, 1.807) is 18.4 Å². The van der Waals surface area contributed by atoms with Crippen molar-refractivity contribution in [3.8, 4) is 5.75 Å². The molecule has 0 amide bonds. The Bertz CT molecular complexity index is 578. The number of benzene rings is 1. The lowest BCUT2D eigenvalue weighted by Crippen LogP contribution is -1.96. The van der Waals surface area contributed by atoms with E-state index >= 15 is 0 Å². The van der Waals surface area contributed by atoms with E-state index in [0.29, 0.717) is 0 Å². The Morgan fingerprint density at radius 2 is 2.05 bits per heavy atom. The van der Waals surface area contributed by atoms with E-state index in [4.69, 9.17) is 9.72 Å². The minimum atomic E-state index is 0.882. The van der Waals surface area contributed by atoms with E-state index in [1.807, 2.05) is 24.3 Å². The zero-order chi connectivity index (χ0) is 13.8. The highest BCUT2D eigenvalue weighted by molar-refractivity contribution is 7.16. The number of anilines is 1. The van der Waals surface area contributed by atoms with Gasteiger partial charge in [-0.3, -0.25) is 0 Å². The molecule has 1 aromatic carbocycles. The van der Waals surface area contributed by atoms with Crippen molar-refractivity contribution in [3.63, 3.8) is 0 Å². The van der Waals surface area contributed by atoms with Crippen LogP contribution in [0.3, 0.4) is 0 Å². The van der Waals surface area contributed by atoms with Crippen molar-refractivity contribution in [2.45, 2.75) is 19.3 Å². The molecule has 0 aliphatic carbocycles. The molecule has 1 aromatic heterocycles. The molecule has 0 saturated heterocycles. The first-order chi connectivity index (χ1) is 9.85. The molecule has 0 saturated carbocycles. The zero-order valence-corrected chi connectivity index (χ0v) is 12.4. The Hall–Kier alpha value is -1.81. The summed E-state index contributed by atoms with van der Waals surface area (Å²) in [5.41, 5.74) is 2.38. The number of fused-ring (bicyclic) bond motifs is 1. The van der Waals surface area contributed by atoms with Gasteiger partial charge in [-0.05, 0) is 43.0 Å². The Morgan fingerprint density at radius 1 is 1.20 bits per heavy atom. The second-order valence-corrected chi connectivity index (χ2v) is 5.85. The highest BCUT2D eigenvalue weighted by Crippen LogP contribution is 2.29. The van der Waals surface area contributed by atoms with Gasteiger partial charge in [0.25, 0.3) is 0 Å². The van der Waals surface area contributed by atoms with Gasteiger partial charge >= 0.3 is 0 Å². The molecule has 3 rings (SSSR count). The average molecular weight is 286 g/mol. The third-order valence-electron chi connectivity index (χ3n) is 3.37. The number of ether oxygens (including phenoxy) is 1. The van der Waals surface area contributed by atoms with Crippen LogP contribution in [-0.2, 0) is 6.42 Å².